The average molecular weight is 380 g/mol. The van der Waals surface area contributed by atoms with Crippen LogP contribution in [0.15, 0.2) is 0 Å². The van der Waals surface area contributed by atoms with E-state index in [0.717, 1.165) is 17.0 Å². The molecule has 0 unspecified atom stereocenters. The van der Waals surface area contributed by atoms with Crippen LogP contribution < -0.4 is 10.6 Å². The van der Waals surface area contributed by atoms with Crippen molar-refractivity contribution in [2.45, 2.75) is 64.5 Å². The third kappa shape index (κ3) is 5.77. The fourth-order valence-electron chi connectivity index (χ4n) is 3.68. The molecule has 1 aliphatic carbocycles. The molecule has 1 aliphatic rings. The molecule has 1 fully saturated rings. The quantitative estimate of drug-likeness (QED) is 0.478. The summed E-state index contributed by atoms with van der Waals surface area (Å²) in [7, 11) is 1.89. The van der Waals surface area contributed by atoms with Crippen LogP contribution in [0.25, 0.3) is 0 Å². The van der Waals surface area contributed by atoms with E-state index in [1.165, 1.54) is 0 Å². The van der Waals surface area contributed by atoms with Gasteiger partial charge in [0.25, 0.3) is 0 Å². The van der Waals surface area contributed by atoms with Crippen molar-refractivity contribution in [1.82, 2.24) is 20.4 Å². The zero-order valence-electron chi connectivity index (χ0n) is 16.5. The molecule has 27 heavy (non-hydrogen) atoms. The second-order valence-corrected chi connectivity index (χ2v) is 7.39. The van der Waals surface area contributed by atoms with E-state index >= 15 is 0 Å². The minimum atomic E-state index is -0.724. The maximum Gasteiger partial charge on any atom is 0.223 e. The first-order valence-corrected chi connectivity index (χ1v) is 9.68. The summed E-state index contributed by atoms with van der Waals surface area (Å²) in [5.41, 5.74) is 3.10. The monoisotopic (exact) mass is 380 g/mol. The van der Waals surface area contributed by atoms with E-state index < -0.39 is 6.10 Å². The van der Waals surface area contributed by atoms with Gasteiger partial charge >= 0.3 is 0 Å². The van der Waals surface area contributed by atoms with Crippen LogP contribution in [0.1, 0.15) is 49.1 Å². The van der Waals surface area contributed by atoms with Gasteiger partial charge in [0.1, 0.15) is 0 Å². The van der Waals surface area contributed by atoms with Crippen LogP contribution in [0, 0.1) is 19.8 Å². The Hall–Kier alpha value is -1.93. The van der Waals surface area contributed by atoms with Crippen LogP contribution in [-0.4, -0.2) is 57.1 Å². The molecule has 0 spiro atoms. The van der Waals surface area contributed by atoms with Crippen molar-refractivity contribution in [2.24, 2.45) is 13.0 Å². The molecule has 1 aromatic heterocycles. The number of amides is 2. The van der Waals surface area contributed by atoms with Crippen molar-refractivity contribution < 1.29 is 19.8 Å². The summed E-state index contributed by atoms with van der Waals surface area (Å²) < 4.78 is 1.82. The molecule has 0 bridgehead atoms. The molecule has 0 aliphatic heterocycles. The smallest absolute Gasteiger partial charge is 0.223 e. The van der Waals surface area contributed by atoms with Crippen LogP contribution in [0.2, 0.25) is 0 Å². The fraction of sp³-hybridized carbons (Fsp3) is 0.737. The molecule has 2 rings (SSSR count). The summed E-state index contributed by atoms with van der Waals surface area (Å²) in [5, 5.41) is 29.2. The molecule has 2 amide bonds. The van der Waals surface area contributed by atoms with Crippen molar-refractivity contribution in [1.29, 1.82) is 0 Å². The Morgan fingerprint density at radius 2 is 2.04 bits per heavy atom. The molecular formula is C19H32N4O4. The summed E-state index contributed by atoms with van der Waals surface area (Å²) in [4.78, 5) is 24.4. The second kappa shape index (κ2) is 9.85. The highest BCUT2D eigenvalue weighted by molar-refractivity contribution is 5.79. The largest absolute Gasteiger partial charge is 0.396 e. The third-order valence-electron chi connectivity index (χ3n) is 5.43. The number of aliphatic hydroxyl groups excluding tert-OH is 2. The van der Waals surface area contributed by atoms with Crippen LogP contribution >= 0.6 is 0 Å². The number of hydrogen-bond acceptors (Lipinski definition) is 5. The van der Waals surface area contributed by atoms with E-state index in [1.54, 1.807) is 0 Å². The van der Waals surface area contributed by atoms with Gasteiger partial charge in [0.05, 0.1) is 17.8 Å². The molecule has 152 valence electrons. The molecule has 3 atom stereocenters. The number of aryl methyl sites for hydroxylation is 2. The normalized spacial score (nSPS) is 22.5. The highest BCUT2D eigenvalue weighted by atomic mass is 16.3. The van der Waals surface area contributed by atoms with Crippen LogP contribution in [0.4, 0.5) is 0 Å². The molecule has 0 radical (unpaired) electrons. The highest BCUT2D eigenvalue weighted by Gasteiger charge is 2.33. The van der Waals surface area contributed by atoms with Gasteiger partial charge in [-0.2, -0.15) is 5.10 Å². The molecule has 8 nitrogen and oxygen atoms in total. The molecular weight excluding hydrogens is 348 g/mol. The van der Waals surface area contributed by atoms with Gasteiger partial charge < -0.3 is 20.8 Å². The molecule has 8 heteroatoms. The summed E-state index contributed by atoms with van der Waals surface area (Å²) in [6.45, 7) is 4.41. The summed E-state index contributed by atoms with van der Waals surface area (Å²) in [6.07, 6.45) is 2.33. The predicted molar refractivity (Wildman–Crippen MR) is 101 cm³/mol. The predicted octanol–water partition coefficient (Wildman–Crippen LogP) is 0.114. The van der Waals surface area contributed by atoms with E-state index in [1.807, 2.05) is 25.6 Å². The van der Waals surface area contributed by atoms with Crippen molar-refractivity contribution in [3.63, 3.8) is 0 Å². The van der Waals surface area contributed by atoms with Crippen molar-refractivity contribution in [2.75, 3.05) is 13.2 Å². The zero-order chi connectivity index (χ0) is 20.0. The highest BCUT2D eigenvalue weighted by Crippen LogP contribution is 2.25. The number of nitrogens with one attached hydrogen (secondary N) is 2. The Balaban J connectivity index is 1.77. The van der Waals surface area contributed by atoms with Gasteiger partial charge in [-0.1, -0.05) is 0 Å². The number of aliphatic hydroxyl groups is 2. The zero-order valence-corrected chi connectivity index (χ0v) is 16.5. The first kappa shape index (κ1) is 21.4. The first-order chi connectivity index (χ1) is 12.8. The minimum absolute atomic E-state index is 0.0414. The number of hydrogen-bond donors (Lipinski definition) is 4. The molecule has 4 N–H and O–H groups in total. The van der Waals surface area contributed by atoms with E-state index in [2.05, 4.69) is 15.7 Å². The lowest BCUT2D eigenvalue weighted by atomic mass is 9.83. The second-order valence-electron chi connectivity index (χ2n) is 7.39. The summed E-state index contributed by atoms with van der Waals surface area (Å²) in [5.74, 6) is -0.421. The Kier molecular flexibility index (Phi) is 7.79. The van der Waals surface area contributed by atoms with Crippen LogP contribution in [-0.2, 0) is 23.1 Å². The summed E-state index contributed by atoms with van der Waals surface area (Å²) >= 11 is 0. The maximum atomic E-state index is 12.3. The first-order valence-electron chi connectivity index (χ1n) is 9.68. The maximum absolute atomic E-state index is 12.3. The molecule has 0 saturated heterocycles. The summed E-state index contributed by atoms with van der Waals surface area (Å²) in [6, 6.07) is -0.310. The third-order valence-corrected chi connectivity index (χ3v) is 5.43. The Labute approximate surface area is 160 Å². The number of nitrogens with zero attached hydrogens (tertiary/aromatic N) is 2. The Bertz CT molecular complexity index is 658. The fourth-order valence-corrected chi connectivity index (χ4v) is 3.68. The lowest BCUT2D eigenvalue weighted by Gasteiger charge is -2.33. The van der Waals surface area contributed by atoms with E-state index in [4.69, 9.17) is 5.11 Å². The molecule has 1 aromatic rings. The topological polar surface area (TPSA) is 116 Å². The number of rotatable bonds is 8. The van der Waals surface area contributed by atoms with Gasteiger partial charge in [0.2, 0.25) is 11.8 Å². The van der Waals surface area contributed by atoms with Gasteiger partial charge in [-0.3, -0.25) is 14.3 Å². The average Bonchev–Trinajstić information content (AvgIpc) is 2.87. The Morgan fingerprint density at radius 3 is 2.63 bits per heavy atom. The standard InChI is InChI=1S/C19H32N4O4/c1-12-15(13(2)23(3)22-12)6-8-18(26)21-16-7-5-14(11-17(16)25)19(27)20-9-4-10-24/h14,16-17,24-25H,4-11H2,1-3H3,(H,20,27)(H,21,26)/t14-,16-,17-/m0/s1. The number of aromatic nitrogens is 2. The van der Waals surface area contributed by atoms with E-state index in [0.29, 0.717) is 45.1 Å². The molecule has 1 saturated carbocycles. The SMILES string of the molecule is Cc1nn(C)c(C)c1CCC(=O)N[C@H]1CC[C@H](C(=O)NCCCO)C[C@@H]1O. The lowest BCUT2D eigenvalue weighted by molar-refractivity contribution is -0.128. The molecule has 0 aromatic carbocycles. The van der Waals surface area contributed by atoms with Gasteiger partial charge in [-0.05, 0) is 51.5 Å². The van der Waals surface area contributed by atoms with Gasteiger partial charge in [0, 0.05) is 38.2 Å². The minimum Gasteiger partial charge on any atom is -0.396 e. The Morgan fingerprint density at radius 1 is 1.30 bits per heavy atom. The van der Waals surface area contributed by atoms with E-state index in [-0.39, 0.29) is 30.4 Å². The van der Waals surface area contributed by atoms with Crippen LogP contribution in [0.3, 0.4) is 0 Å². The van der Waals surface area contributed by atoms with Crippen LogP contribution in [0.5, 0.6) is 0 Å². The number of carbonyl (C=O) groups is 2. The van der Waals surface area contributed by atoms with Gasteiger partial charge in [0.15, 0.2) is 0 Å². The van der Waals surface area contributed by atoms with E-state index in [9.17, 15) is 14.7 Å². The lowest BCUT2D eigenvalue weighted by Crippen LogP contribution is -2.49. The van der Waals surface area contributed by atoms with Gasteiger partial charge in [-0.25, -0.2) is 0 Å². The molecule has 1 heterocycles. The van der Waals surface area contributed by atoms with Crippen molar-refractivity contribution >= 4 is 11.8 Å². The van der Waals surface area contributed by atoms with Crippen molar-refractivity contribution in [3.05, 3.63) is 17.0 Å². The van der Waals surface area contributed by atoms with Crippen molar-refractivity contribution in [3.8, 4) is 0 Å². The number of carbonyl (C=O) groups excluding carboxylic acids is 2. The van der Waals surface area contributed by atoms with Gasteiger partial charge in [-0.15, -0.1) is 0 Å².